The molecule has 66 valence electrons. The van der Waals surface area contributed by atoms with Crippen LogP contribution in [0.3, 0.4) is 0 Å². The average molecular weight is 210 g/mol. The van der Waals surface area contributed by atoms with Crippen LogP contribution in [0.4, 0.5) is 10.5 Å². The predicted molar refractivity (Wildman–Crippen MR) is 57.6 cm³/mol. The molecule has 0 fully saturated rings. The fourth-order valence-electron chi connectivity index (χ4n) is 1.10. The van der Waals surface area contributed by atoms with Crippen molar-refractivity contribution in [3.8, 4) is 0 Å². The number of carbonyl (C=O) groups excluding carboxylic acids is 1. The second-order valence-electron chi connectivity index (χ2n) is 2.44. The average Bonchev–Trinajstić information content (AvgIpc) is 2.51. The smallest absolute Gasteiger partial charge is 0.280 e. The predicted octanol–water partition coefficient (Wildman–Crippen LogP) is 2.76. The zero-order chi connectivity index (χ0) is 9.26. The van der Waals surface area contributed by atoms with Gasteiger partial charge in [0, 0.05) is 0 Å². The van der Waals surface area contributed by atoms with Gasteiger partial charge in [0.1, 0.15) is 0 Å². The number of nitrogens with one attached hydrogen (secondary N) is 1. The number of anilines is 1. The van der Waals surface area contributed by atoms with Crippen molar-refractivity contribution in [3.05, 3.63) is 23.7 Å². The summed E-state index contributed by atoms with van der Waals surface area (Å²) in [7, 11) is 0. The standard InChI is InChI=1S/C8H6N2OS2/c11-8(12)10-6-3-1-2-5-7(6)13-4-9-5/h1-4H,(H2,10,11,12). The molecule has 2 rings (SSSR count). The van der Waals surface area contributed by atoms with Crippen molar-refractivity contribution in [2.45, 2.75) is 0 Å². The summed E-state index contributed by atoms with van der Waals surface area (Å²) in [4.78, 5) is 14.8. The molecular weight excluding hydrogens is 204 g/mol. The number of amides is 1. The Kier molecular flexibility index (Phi) is 2.20. The molecule has 13 heavy (non-hydrogen) atoms. The van der Waals surface area contributed by atoms with E-state index >= 15 is 0 Å². The van der Waals surface area contributed by atoms with Crippen LogP contribution in [0.15, 0.2) is 23.7 Å². The van der Waals surface area contributed by atoms with Gasteiger partial charge in [-0.2, -0.15) is 0 Å². The number of nitrogens with zero attached hydrogens (tertiary/aromatic N) is 1. The van der Waals surface area contributed by atoms with Crippen LogP contribution in [0.25, 0.3) is 10.2 Å². The number of fused-ring (bicyclic) bond motifs is 1. The minimum absolute atomic E-state index is 0.360. The summed E-state index contributed by atoms with van der Waals surface area (Å²) >= 11 is 5.15. The lowest BCUT2D eigenvalue weighted by Crippen LogP contribution is -2.00. The second kappa shape index (κ2) is 3.35. The molecule has 0 radical (unpaired) electrons. The summed E-state index contributed by atoms with van der Waals surface area (Å²) in [5.74, 6) is 0. The highest BCUT2D eigenvalue weighted by molar-refractivity contribution is 7.96. The normalized spacial score (nSPS) is 10.2. The second-order valence-corrected chi connectivity index (χ2v) is 3.70. The number of thiol groups is 1. The molecule has 0 saturated heterocycles. The van der Waals surface area contributed by atoms with Crippen molar-refractivity contribution in [3.63, 3.8) is 0 Å². The maximum absolute atomic E-state index is 10.7. The van der Waals surface area contributed by atoms with E-state index in [-0.39, 0.29) is 5.24 Å². The van der Waals surface area contributed by atoms with Crippen LogP contribution in [0, 0.1) is 0 Å². The lowest BCUT2D eigenvalue weighted by Gasteiger charge is -2.00. The van der Waals surface area contributed by atoms with Gasteiger partial charge in [-0.05, 0) is 12.1 Å². The Morgan fingerprint density at radius 2 is 2.38 bits per heavy atom. The molecule has 1 aromatic heterocycles. The highest BCUT2D eigenvalue weighted by Gasteiger charge is 2.03. The van der Waals surface area contributed by atoms with E-state index in [1.165, 1.54) is 11.3 Å². The van der Waals surface area contributed by atoms with Gasteiger partial charge in [0.25, 0.3) is 5.24 Å². The van der Waals surface area contributed by atoms with E-state index in [1.54, 1.807) is 5.51 Å². The highest BCUT2D eigenvalue weighted by Crippen LogP contribution is 2.26. The Balaban J connectivity index is 2.54. The third-order valence-electron chi connectivity index (χ3n) is 1.60. The Morgan fingerprint density at radius 1 is 1.54 bits per heavy atom. The van der Waals surface area contributed by atoms with E-state index in [4.69, 9.17) is 0 Å². The van der Waals surface area contributed by atoms with Crippen LogP contribution in [0.1, 0.15) is 0 Å². The first-order valence-corrected chi connectivity index (χ1v) is 4.92. The number of hydrogen-bond acceptors (Lipinski definition) is 3. The summed E-state index contributed by atoms with van der Waals surface area (Å²) in [6, 6.07) is 5.58. The van der Waals surface area contributed by atoms with Crippen LogP contribution < -0.4 is 5.32 Å². The summed E-state index contributed by atoms with van der Waals surface area (Å²) < 4.78 is 0.977. The third kappa shape index (κ3) is 1.66. The topological polar surface area (TPSA) is 42.0 Å². The van der Waals surface area contributed by atoms with Gasteiger partial charge in [-0.1, -0.05) is 18.7 Å². The van der Waals surface area contributed by atoms with Gasteiger partial charge >= 0.3 is 0 Å². The van der Waals surface area contributed by atoms with Crippen LogP contribution in [-0.2, 0) is 0 Å². The number of rotatable bonds is 1. The highest BCUT2D eigenvalue weighted by atomic mass is 32.1. The number of carbonyl (C=O) groups is 1. The van der Waals surface area contributed by atoms with Crippen molar-refractivity contribution >= 4 is 45.1 Å². The first-order valence-electron chi connectivity index (χ1n) is 3.59. The lowest BCUT2D eigenvalue weighted by molar-refractivity contribution is 0.270. The summed E-state index contributed by atoms with van der Waals surface area (Å²) in [5.41, 5.74) is 3.41. The molecule has 0 saturated carbocycles. The Bertz CT molecular complexity index is 452. The fourth-order valence-corrected chi connectivity index (χ4v) is 1.98. The van der Waals surface area contributed by atoms with E-state index in [0.717, 1.165) is 15.9 Å². The van der Waals surface area contributed by atoms with Gasteiger partial charge in [-0.25, -0.2) is 4.98 Å². The van der Waals surface area contributed by atoms with Gasteiger partial charge in [0.05, 0.1) is 21.4 Å². The van der Waals surface area contributed by atoms with Crippen molar-refractivity contribution in [1.82, 2.24) is 4.98 Å². The fraction of sp³-hybridized carbons (Fsp3) is 0. The minimum atomic E-state index is -0.360. The molecule has 0 aliphatic carbocycles. The van der Waals surface area contributed by atoms with Gasteiger partial charge in [-0.3, -0.25) is 4.79 Å². The molecule has 1 amide bonds. The first-order chi connectivity index (χ1) is 6.27. The van der Waals surface area contributed by atoms with Gasteiger partial charge in [-0.15, -0.1) is 11.3 Å². The van der Waals surface area contributed by atoms with Crippen molar-refractivity contribution < 1.29 is 4.79 Å². The molecular formula is C8H6N2OS2. The van der Waals surface area contributed by atoms with Crippen LogP contribution >= 0.6 is 24.0 Å². The number of benzene rings is 1. The molecule has 0 atom stereocenters. The molecule has 0 bridgehead atoms. The van der Waals surface area contributed by atoms with Crippen molar-refractivity contribution in [2.24, 2.45) is 0 Å². The molecule has 1 N–H and O–H groups in total. The molecule has 1 heterocycles. The van der Waals surface area contributed by atoms with Gasteiger partial charge < -0.3 is 5.32 Å². The minimum Gasteiger partial charge on any atom is -0.316 e. The van der Waals surface area contributed by atoms with E-state index in [9.17, 15) is 4.79 Å². The molecule has 0 unspecified atom stereocenters. The molecule has 1 aromatic carbocycles. The van der Waals surface area contributed by atoms with Crippen LogP contribution in [0.2, 0.25) is 0 Å². The SMILES string of the molecule is O=C(S)Nc1cccc2ncsc12. The van der Waals surface area contributed by atoms with Crippen molar-refractivity contribution in [2.75, 3.05) is 5.32 Å². The lowest BCUT2D eigenvalue weighted by atomic mass is 10.3. The summed E-state index contributed by atoms with van der Waals surface area (Å²) in [6.45, 7) is 0. The van der Waals surface area contributed by atoms with Crippen molar-refractivity contribution in [1.29, 1.82) is 0 Å². The molecule has 0 aliphatic rings. The maximum atomic E-state index is 10.7. The quantitative estimate of drug-likeness (QED) is 0.711. The van der Waals surface area contributed by atoms with E-state index < -0.39 is 0 Å². The van der Waals surface area contributed by atoms with Gasteiger partial charge in [0.2, 0.25) is 0 Å². The first kappa shape index (κ1) is 8.52. The van der Waals surface area contributed by atoms with E-state index in [2.05, 4.69) is 22.9 Å². The summed E-state index contributed by atoms with van der Waals surface area (Å²) in [6.07, 6.45) is 0. The van der Waals surface area contributed by atoms with E-state index in [0.29, 0.717) is 0 Å². The molecule has 0 spiro atoms. The zero-order valence-electron chi connectivity index (χ0n) is 6.52. The molecule has 0 aliphatic heterocycles. The summed E-state index contributed by atoms with van der Waals surface area (Å²) in [5, 5.41) is 2.27. The van der Waals surface area contributed by atoms with Crippen LogP contribution in [0.5, 0.6) is 0 Å². The van der Waals surface area contributed by atoms with Gasteiger partial charge in [0.15, 0.2) is 0 Å². The van der Waals surface area contributed by atoms with E-state index in [1.807, 2.05) is 18.2 Å². The largest absolute Gasteiger partial charge is 0.316 e. The number of aromatic nitrogens is 1. The monoisotopic (exact) mass is 210 g/mol. The zero-order valence-corrected chi connectivity index (χ0v) is 8.23. The Labute approximate surface area is 84.2 Å². The maximum Gasteiger partial charge on any atom is 0.280 e. The number of hydrogen-bond donors (Lipinski definition) is 2. The molecule has 3 nitrogen and oxygen atoms in total. The Morgan fingerprint density at radius 3 is 3.15 bits per heavy atom. The Hall–Kier alpha value is -1.07. The third-order valence-corrected chi connectivity index (χ3v) is 2.59. The molecule has 5 heteroatoms. The van der Waals surface area contributed by atoms with Crippen LogP contribution in [-0.4, -0.2) is 10.2 Å². The number of thiazole rings is 1. The molecule has 2 aromatic rings.